The van der Waals surface area contributed by atoms with E-state index in [1.165, 1.54) is 0 Å². The van der Waals surface area contributed by atoms with Crippen LogP contribution in [0.4, 0.5) is 5.82 Å². The minimum absolute atomic E-state index is 0.281. The molecule has 0 amide bonds. The highest BCUT2D eigenvalue weighted by molar-refractivity contribution is 5.44. The van der Waals surface area contributed by atoms with E-state index in [0.29, 0.717) is 11.7 Å². The van der Waals surface area contributed by atoms with Gasteiger partial charge in [0.15, 0.2) is 5.82 Å². The normalized spacial score (nSPS) is 23.8. The molecule has 0 radical (unpaired) electrons. The summed E-state index contributed by atoms with van der Waals surface area (Å²) in [5.74, 6) is 1.94. The van der Waals surface area contributed by atoms with Crippen molar-refractivity contribution >= 4 is 5.82 Å². The summed E-state index contributed by atoms with van der Waals surface area (Å²) in [5.41, 5.74) is 7.25. The molecule has 1 aromatic heterocycles. The summed E-state index contributed by atoms with van der Waals surface area (Å²) < 4.78 is 5.32. The smallest absolute Gasteiger partial charge is 0.170 e. The van der Waals surface area contributed by atoms with Crippen LogP contribution in [0.2, 0.25) is 0 Å². The molecule has 0 atom stereocenters. The van der Waals surface area contributed by atoms with Crippen LogP contribution in [0.15, 0.2) is 4.52 Å². The second kappa shape index (κ2) is 2.33. The van der Waals surface area contributed by atoms with E-state index in [9.17, 15) is 0 Å². The first-order valence-corrected chi connectivity index (χ1v) is 5.02. The third-order valence-electron chi connectivity index (χ3n) is 4.28. The van der Waals surface area contributed by atoms with Crippen LogP contribution in [-0.2, 0) is 0 Å². The first-order chi connectivity index (χ1) is 6.30. The van der Waals surface area contributed by atoms with Gasteiger partial charge in [0.2, 0.25) is 0 Å². The summed E-state index contributed by atoms with van der Waals surface area (Å²) in [6.07, 6.45) is 0. The lowest BCUT2D eigenvalue weighted by atomic mass is 10.0. The van der Waals surface area contributed by atoms with E-state index in [2.05, 4.69) is 32.9 Å². The maximum absolute atomic E-state index is 5.68. The Morgan fingerprint density at radius 1 is 1.21 bits per heavy atom. The number of aromatic nitrogens is 1. The molecule has 3 nitrogen and oxygen atoms in total. The van der Waals surface area contributed by atoms with E-state index in [1.807, 2.05) is 6.92 Å². The predicted molar refractivity (Wildman–Crippen MR) is 56.0 cm³/mol. The molecule has 0 bridgehead atoms. The monoisotopic (exact) mass is 194 g/mol. The number of anilines is 1. The van der Waals surface area contributed by atoms with E-state index in [-0.39, 0.29) is 10.8 Å². The van der Waals surface area contributed by atoms with Gasteiger partial charge in [0.25, 0.3) is 0 Å². The SMILES string of the molecule is Cc1c(N)noc1C1C(C)(C)C1(C)C. The number of nitrogen functional groups attached to an aromatic ring is 1. The Hall–Kier alpha value is -0.990. The maximum Gasteiger partial charge on any atom is 0.170 e. The van der Waals surface area contributed by atoms with Crippen LogP contribution in [0, 0.1) is 17.8 Å². The quantitative estimate of drug-likeness (QED) is 0.747. The van der Waals surface area contributed by atoms with Crippen LogP contribution < -0.4 is 5.73 Å². The van der Waals surface area contributed by atoms with Crippen LogP contribution in [0.25, 0.3) is 0 Å². The molecule has 78 valence electrons. The van der Waals surface area contributed by atoms with Gasteiger partial charge in [-0.2, -0.15) is 0 Å². The van der Waals surface area contributed by atoms with Crippen molar-refractivity contribution in [2.24, 2.45) is 10.8 Å². The summed E-state index contributed by atoms with van der Waals surface area (Å²) in [6, 6.07) is 0. The fourth-order valence-electron chi connectivity index (χ4n) is 2.48. The van der Waals surface area contributed by atoms with E-state index in [4.69, 9.17) is 10.3 Å². The molecular weight excluding hydrogens is 176 g/mol. The van der Waals surface area contributed by atoms with E-state index >= 15 is 0 Å². The molecule has 1 saturated carbocycles. The molecule has 1 heterocycles. The molecule has 3 heteroatoms. The van der Waals surface area contributed by atoms with Gasteiger partial charge >= 0.3 is 0 Å². The maximum atomic E-state index is 5.68. The van der Waals surface area contributed by atoms with E-state index in [0.717, 1.165) is 11.3 Å². The fourth-order valence-corrected chi connectivity index (χ4v) is 2.48. The first-order valence-electron chi connectivity index (χ1n) is 5.02. The molecule has 0 saturated heterocycles. The number of hydrogen-bond acceptors (Lipinski definition) is 3. The van der Waals surface area contributed by atoms with Crippen molar-refractivity contribution in [3.05, 3.63) is 11.3 Å². The van der Waals surface area contributed by atoms with Gasteiger partial charge in [-0.3, -0.25) is 0 Å². The summed E-state index contributed by atoms with van der Waals surface area (Å²) in [6.45, 7) is 11.0. The van der Waals surface area contributed by atoms with Crippen molar-refractivity contribution in [3.63, 3.8) is 0 Å². The molecule has 2 N–H and O–H groups in total. The second-order valence-electron chi connectivity index (χ2n) is 5.43. The largest absolute Gasteiger partial charge is 0.381 e. The Labute approximate surface area is 84.7 Å². The Balaban J connectivity index is 2.41. The third-order valence-corrected chi connectivity index (χ3v) is 4.28. The number of hydrogen-bond donors (Lipinski definition) is 1. The standard InChI is InChI=1S/C11H18N2O/c1-6-7(14-13-9(6)12)8-10(2,3)11(8,4)5/h8H,1-5H3,(H2,12,13). The fraction of sp³-hybridized carbons (Fsp3) is 0.727. The number of nitrogens with two attached hydrogens (primary N) is 1. The van der Waals surface area contributed by atoms with Gasteiger partial charge in [0.05, 0.1) is 0 Å². The Morgan fingerprint density at radius 2 is 1.71 bits per heavy atom. The van der Waals surface area contributed by atoms with Crippen molar-refractivity contribution in [2.45, 2.75) is 40.5 Å². The number of nitrogens with zero attached hydrogens (tertiary/aromatic N) is 1. The van der Waals surface area contributed by atoms with E-state index < -0.39 is 0 Å². The zero-order valence-corrected chi connectivity index (χ0v) is 9.51. The van der Waals surface area contributed by atoms with Gasteiger partial charge in [-0.15, -0.1) is 0 Å². The molecule has 2 rings (SSSR count). The highest BCUT2D eigenvalue weighted by atomic mass is 16.5. The zero-order chi connectivity index (χ0) is 10.7. The van der Waals surface area contributed by atoms with Gasteiger partial charge in [-0.05, 0) is 17.8 Å². The number of rotatable bonds is 1. The lowest BCUT2D eigenvalue weighted by Crippen LogP contribution is -1.95. The van der Waals surface area contributed by atoms with Crippen LogP contribution in [0.5, 0.6) is 0 Å². The van der Waals surface area contributed by atoms with Gasteiger partial charge in [-0.25, -0.2) is 0 Å². The summed E-state index contributed by atoms with van der Waals surface area (Å²) >= 11 is 0. The van der Waals surface area contributed by atoms with Crippen molar-refractivity contribution in [2.75, 3.05) is 5.73 Å². The lowest BCUT2D eigenvalue weighted by Gasteiger charge is -2.03. The Morgan fingerprint density at radius 3 is 2.00 bits per heavy atom. The topological polar surface area (TPSA) is 52.0 Å². The van der Waals surface area contributed by atoms with Crippen LogP contribution >= 0.6 is 0 Å². The average Bonchev–Trinajstić information content (AvgIpc) is 2.36. The molecule has 14 heavy (non-hydrogen) atoms. The molecule has 0 unspecified atom stereocenters. The minimum atomic E-state index is 0.281. The molecule has 0 spiro atoms. The molecule has 0 aromatic carbocycles. The van der Waals surface area contributed by atoms with Gasteiger partial charge in [0, 0.05) is 11.5 Å². The molecular formula is C11H18N2O. The Kier molecular flexibility index (Phi) is 1.59. The van der Waals surface area contributed by atoms with Crippen LogP contribution in [0.1, 0.15) is 44.9 Å². The molecule has 0 aliphatic heterocycles. The van der Waals surface area contributed by atoms with Gasteiger partial charge in [-0.1, -0.05) is 32.9 Å². The van der Waals surface area contributed by atoms with Crippen molar-refractivity contribution in [1.29, 1.82) is 0 Å². The summed E-state index contributed by atoms with van der Waals surface area (Å²) in [4.78, 5) is 0. The second-order valence-corrected chi connectivity index (χ2v) is 5.43. The molecule has 1 aliphatic rings. The average molecular weight is 194 g/mol. The minimum Gasteiger partial charge on any atom is -0.381 e. The van der Waals surface area contributed by atoms with Crippen molar-refractivity contribution in [1.82, 2.24) is 5.16 Å². The van der Waals surface area contributed by atoms with Crippen LogP contribution in [0.3, 0.4) is 0 Å². The third kappa shape index (κ3) is 0.900. The van der Waals surface area contributed by atoms with Crippen molar-refractivity contribution < 1.29 is 4.52 Å². The molecule has 1 aliphatic carbocycles. The highest BCUT2D eigenvalue weighted by Crippen LogP contribution is 2.74. The molecule has 1 fully saturated rings. The summed E-state index contributed by atoms with van der Waals surface area (Å²) in [5, 5.41) is 3.81. The van der Waals surface area contributed by atoms with E-state index in [1.54, 1.807) is 0 Å². The lowest BCUT2D eigenvalue weighted by molar-refractivity contribution is 0.372. The Bertz CT molecular complexity index is 363. The highest BCUT2D eigenvalue weighted by Gasteiger charge is 2.67. The first kappa shape index (κ1) is 9.56. The van der Waals surface area contributed by atoms with Gasteiger partial charge in [0.1, 0.15) is 5.76 Å². The summed E-state index contributed by atoms with van der Waals surface area (Å²) in [7, 11) is 0. The predicted octanol–water partition coefficient (Wildman–Crippen LogP) is 2.71. The molecule has 1 aromatic rings. The zero-order valence-electron chi connectivity index (χ0n) is 9.51. The van der Waals surface area contributed by atoms with Gasteiger partial charge < -0.3 is 10.3 Å². The van der Waals surface area contributed by atoms with Crippen LogP contribution in [-0.4, -0.2) is 5.16 Å². The van der Waals surface area contributed by atoms with Crippen molar-refractivity contribution in [3.8, 4) is 0 Å².